The number of oxazole rings is 1. The number of aryl methyl sites for hydroxylation is 2. The van der Waals surface area contributed by atoms with Gasteiger partial charge < -0.3 is 18.6 Å². The van der Waals surface area contributed by atoms with Crippen LogP contribution >= 0.6 is 0 Å². The van der Waals surface area contributed by atoms with E-state index in [1.54, 1.807) is 27.9 Å². The van der Waals surface area contributed by atoms with Crippen molar-refractivity contribution in [3.05, 3.63) is 47.6 Å². The number of carbonyl (C=O) groups is 1. The highest BCUT2D eigenvalue weighted by atomic mass is 16.4. The van der Waals surface area contributed by atoms with Crippen LogP contribution in [-0.2, 0) is 7.05 Å². The van der Waals surface area contributed by atoms with E-state index >= 15 is 0 Å². The van der Waals surface area contributed by atoms with E-state index in [-0.39, 0.29) is 17.5 Å². The van der Waals surface area contributed by atoms with Gasteiger partial charge in [0, 0.05) is 44.8 Å². The highest BCUT2D eigenvalue weighted by molar-refractivity contribution is 5.97. The van der Waals surface area contributed by atoms with Gasteiger partial charge in [-0.05, 0) is 25.1 Å². The van der Waals surface area contributed by atoms with Crippen LogP contribution in [0.2, 0.25) is 0 Å². The van der Waals surface area contributed by atoms with Crippen LogP contribution in [0.3, 0.4) is 0 Å². The number of carbonyl (C=O) groups excluding carboxylic acids is 1. The highest BCUT2D eigenvalue weighted by Gasteiger charge is 2.28. The molecule has 0 bridgehead atoms. The Hall–Kier alpha value is -4.13. The SMILES string of the molecule is Cc1nn(C)c2ncc(C(=O)N3CCN(c4oc(-c5ccco5)nc4C#N)CC3)cc12. The molecule has 1 fully saturated rings. The first-order valence-electron chi connectivity index (χ1n) is 9.83. The molecule has 0 N–H and O–H groups in total. The fourth-order valence-corrected chi connectivity index (χ4v) is 3.82. The summed E-state index contributed by atoms with van der Waals surface area (Å²) in [5.41, 5.74) is 2.33. The van der Waals surface area contributed by atoms with Gasteiger partial charge >= 0.3 is 0 Å². The predicted molar refractivity (Wildman–Crippen MR) is 110 cm³/mol. The van der Waals surface area contributed by atoms with E-state index in [0.717, 1.165) is 16.7 Å². The Morgan fingerprint density at radius 2 is 2.06 bits per heavy atom. The lowest BCUT2D eigenvalue weighted by molar-refractivity contribution is 0.0745. The third kappa shape index (κ3) is 3.20. The maximum absolute atomic E-state index is 13.0. The maximum Gasteiger partial charge on any atom is 0.266 e. The summed E-state index contributed by atoms with van der Waals surface area (Å²) in [5, 5.41) is 14.7. The van der Waals surface area contributed by atoms with E-state index in [9.17, 15) is 10.1 Å². The lowest BCUT2D eigenvalue weighted by Gasteiger charge is -2.34. The predicted octanol–water partition coefficient (Wildman–Crippen LogP) is 2.36. The molecule has 156 valence electrons. The van der Waals surface area contributed by atoms with Crippen LogP contribution in [-0.4, -0.2) is 56.7 Å². The van der Waals surface area contributed by atoms with Crippen molar-refractivity contribution in [3.63, 3.8) is 0 Å². The highest BCUT2D eigenvalue weighted by Crippen LogP contribution is 2.29. The molecule has 0 aromatic carbocycles. The van der Waals surface area contributed by atoms with E-state index in [1.807, 2.05) is 24.9 Å². The van der Waals surface area contributed by atoms with E-state index < -0.39 is 0 Å². The molecule has 4 aromatic rings. The van der Waals surface area contributed by atoms with Crippen molar-refractivity contribution in [2.45, 2.75) is 6.92 Å². The smallest absolute Gasteiger partial charge is 0.266 e. The van der Waals surface area contributed by atoms with Crippen LogP contribution in [0.25, 0.3) is 22.7 Å². The summed E-state index contributed by atoms with van der Waals surface area (Å²) in [6.07, 6.45) is 3.12. The normalized spacial score (nSPS) is 14.2. The molecule has 0 radical (unpaired) electrons. The average molecular weight is 417 g/mol. The van der Waals surface area contributed by atoms with E-state index in [2.05, 4.69) is 21.1 Å². The number of hydrogen-bond donors (Lipinski definition) is 0. The van der Waals surface area contributed by atoms with Crippen molar-refractivity contribution in [1.82, 2.24) is 24.6 Å². The number of aromatic nitrogens is 4. The first kappa shape index (κ1) is 18.9. The first-order valence-corrected chi connectivity index (χ1v) is 9.83. The summed E-state index contributed by atoms with van der Waals surface area (Å²) in [4.78, 5) is 25.4. The van der Waals surface area contributed by atoms with Crippen LogP contribution < -0.4 is 4.90 Å². The first-order chi connectivity index (χ1) is 15.0. The van der Waals surface area contributed by atoms with Gasteiger partial charge in [0.1, 0.15) is 6.07 Å². The molecule has 31 heavy (non-hydrogen) atoms. The van der Waals surface area contributed by atoms with E-state index in [0.29, 0.717) is 43.4 Å². The standard InChI is InChI=1S/C21H19N7O3/c1-13-15-10-14(12-23-18(15)26(2)25-13)20(29)27-5-7-28(8-6-27)21-16(11-22)24-19(31-21)17-4-3-9-30-17/h3-4,9-10,12H,5-8H2,1-2H3. The van der Waals surface area contributed by atoms with Gasteiger partial charge in [-0.1, -0.05) is 0 Å². The van der Waals surface area contributed by atoms with Gasteiger partial charge in [-0.2, -0.15) is 15.3 Å². The molecular formula is C21H19N7O3. The largest absolute Gasteiger partial charge is 0.459 e. The van der Waals surface area contributed by atoms with Gasteiger partial charge in [0.25, 0.3) is 11.8 Å². The van der Waals surface area contributed by atoms with E-state index in [4.69, 9.17) is 8.83 Å². The molecular weight excluding hydrogens is 398 g/mol. The molecule has 1 amide bonds. The summed E-state index contributed by atoms with van der Waals surface area (Å²) in [7, 11) is 1.83. The van der Waals surface area contributed by atoms with Gasteiger partial charge in [0.15, 0.2) is 11.4 Å². The fraction of sp³-hybridized carbons (Fsp3) is 0.286. The number of anilines is 1. The van der Waals surface area contributed by atoms with Gasteiger partial charge in [-0.15, -0.1) is 0 Å². The second-order valence-corrected chi connectivity index (χ2v) is 7.35. The zero-order chi connectivity index (χ0) is 21.5. The van der Waals surface area contributed by atoms with Crippen molar-refractivity contribution in [3.8, 4) is 17.7 Å². The van der Waals surface area contributed by atoms with E-state index in [1.165, 1.54) is 6.26 Å². The Morgan fingerprint density at radius 1 is 1.26 bits per heavy atom. The number of nitriles is 1. The Morgan fingerprint density at radius 3 is 2.77 bits per heavy atom. The Labute approximate surface area is 177 Å². The molecule has 0 atom stereocenters. The third-order valence-electron chi connectivity index (χ3n) is 5.41. The molecule has 0 saturated carbocycles. The summed E-state index contributed by atoms with van der Waals surface area (Å²) < 4.78 is 12.8. The monoisotopic (exact) mass is 417 g/mol. The zero-order valence-electron chi connectivity index (χ0n) is 17.1. The third-order valence-corrected chi connectivity index (χ3v) is 5.41. The molecule has 0 unspecified atom stereocenters. The van der Waals surface area contributed by atoms with Crippen LogP contribution in [0, 0.1) is 18.3 Å². The quantitative estimate of drug-likeness (QED) is 0.499. The molecule has 1 saturated heterocycles. The second kappa shape index (κ2) is 7.28. The van der Waals surface area contributed by atoms with Gasteiger partial charge in [0.2, 0.25) is 11.6 Å². The second-order valence-electron chi connectivity index (χ2n) is 7.35. The van der Waals surface area contributed by atoms with Crippen molar-refractivity contribution in [2.75, 3.05) is 31.1 Å². The molecule has 5 rings (SSSR count). The topological polar surface area (TPSA) is 117 Å². The molecule has 0 spiro atoms. The molecule has 4 aromatic heterocycles. The minimum Gasteiger partial charge on any atom is -0.459 e. The van der Waals surface area contributed by atoms with Crippen molar-refractivity contribution in [1.29, 1.82) is 5.26 Å². The molecule has 1 aliphatic rings. The summed E-state index contributed by atoms with van der Waals surface area (Å²) in [5.74, 6) is 1.05. The molecule has 1 aliphatic heterocycles. The van der Waals surface area contributed by atoms with Crippen molar-refractivity contribution in [2.24, 2.45) is 7.05 Å². The van der Waals surface area contributed by atoms with Gasteiger partial charge in [0.05, 0.1) is 17.5 Å². The number of piperazine rings is 1. The lowest BCUT2D eigenvalue weighted by atomic mass is 10.1. The molecule has 5 heterocycles. The molecule has 0 aliphatic carbocycles. The van der Waals surface area contributed by atoms with Crippen molar-refractivity contribution >= 4 is 22.8 Å². The van der Waals surface area contributed by atoms with Crippen LogP contribution in [0.4, 0.5) is 5.88 Å². The minimum atomic E-state index is -0.0772. The summed E-state index contributed by atoms with van der Waals surface area (Å²) in [6, 6.07) is 7.38. The van der Waals surface area contributed by atoms with Gasteiger partial charge in [-0.25, -0.2) is 4.98 Å². The maximum atomic E-state index is 13.0. The van der Waals surface area contributed by atoms with Crippen LogP contribution in [0.1, 0.15) is 21.7 Å². The number of rotatable bonds is 3. The summed E-state index contributed by atoms with van der Waals surface area (Å²) >= 11 is 0. The van der Waals surface area contributed by atoms with Gasteiger partial charge in [-0.3, -0.25) is 9.48 Å². The number of amides is 1. The Kier molecular flexibility index (Phi) is 4.43. The number of furan rings is 1. The number of hydrogen-bond acceptors (Lipinski definition) is 8. The Bertz CT molecular complexity index is 1300. The molecule has 10 heteroatoms. The number of nitrogens with zero attached hydrogens (tertiary/aromatic N) is 7. The number of pyridine rings is 1. The minimum absolute atomic E-state index is 0.0772. The lowest BCUT2D eigenvalue weighted by Crippen LogP contribution is -2.49. The summed E-state index contributed by atoms with van der Waals surface area (Å²) in [6.45, 7) is 3.93. The fourth-order valence-electron chi connectivity index (χ4n) is 3.82. The molecule has 10 nitrogen and oxygen atoms in total. The number of fused-ring (bicyclic) bond motifs is 1. The van der Waals surface area contributed by atoms with Crippen molar-refractivity contribution < 1.29 is 13.6 Å². The average Bonchev–Trinajstić information content (AvgIpc) is 3.53. The zero-order valence-corrected chi connectivity index (χ0v) is 17.1. The van der Waals surface area contributed by atoms with Crippen LogP contribution in [0.5, 0.6) is 0 Å². The Balaban J connectivity index is 1.32. The van der Waals surface area contributed by atoms with Crippen LogP contribution in [0.15, 0.2) is 39.5 Å².